The van der Waals surface area contributed by atoms with E-state index in [-0.39, 0.29) is 11.2 Å². The first-order valence-electron chi connectivity index (χ1n) is 5.35. The molecule has 0 atom stereocenters. The molecule has 0 spiro atoms. The van der Waals surface area contributed by atoms with Gasteiger partial charge in [-0.3, -0.25) is 0 Å². The SMILES string of the molecule is COC(=O)/C=C/c1cccc(CNS(=O)(=O)CBr)c1. The number of hydrogen-bond donors (Lipinski definition) is 1. The van der Waals surface area contributed by atoms with Crippen molar-refractivity contribution in [1.82, 2.24) is 4.72 Å². The standard InChI is InChI=1S/C12H14BrNO4S/c1-18-12(15)6-5-10-3-2-4-11(7-10)8-14-19(16,17)9-13/h2-7,14H,8-9H2,1H3/b6-5+. The zero-order valence-electron chi connectivity index (χ0n) is 10.3. The van der Waals surface area contributed by atoms with E-state index in [1.807, 2.05) is 6.07 Å². The molecule has 1 N–H and O–H groups in total. The summed E-state index contributed by atoms with van der Waals surface area (Å²) in [5.74, 6) is -0.439. The number of rotatable bonds is 6. The van der Waals surface area contributed by atoms with Gasteiger partial charge in [-0.1, -0.05) is 40.2 Å². The Kier molecular flexibility index (Phi) is 6.20. The van der Waals surface area contributed by atoms with Gasteiger partial charge in [0, 0.05) is 12.6 Å². The Morgan fingerprint density at radius 1 is 1.47 bits per heavy atom. The quantitative estimate of drug-likeness (QED) is 0.482. The predicted octanol–water partition coefficient (Wildman–Crippen LogP) is 1.64. The number of hydrogen-bond acceptors (Lipinski definition) is 4. The molecule has 5 nitrogen and oxygen atoms in total. The van der Waals surface area contributed by atoms with Crippen LogP contribution < -0.4 is 4.72 Å². The average Bonchev–Trinajstić information content (AvgIpc) is 2.43. The number of carbonyl (C=O) groups is 1. The van der Waals surface area contributed by atoms with Crippen molar-refractivity contribution >= 4 is 38.0 Å². The van der Waals surface area contributed by atoms with Gasteiger partial charge in [0.15, 0.2) is 0 Å². The second kappa shape index (κ2) is 7.42. The van der Waals surface area contributed by atoms with Crippen LogP contribution in [-0.2, 0) is 26.1 Å². The van der Waals surface area contributed by atoms with E-state index in [2.05, 4.69) is 25.4 Å². The molecule has 0 saturated carbocycles. The van der Waals surface area contributed by atoms with Crippen molar-refractivity contribution in [1.29, 1.82) is 0 Å². The zero-order chi connectivity index (χ0) is 14.3. The molecule has 0 aliphatic carbocycles. The van der Waals surface area contributed by atoms with E-state index >= 15 is 0 Å². The van der Waals surface area contributed by atoms with Crippen LogP contribution in [0, 0.1) is 0 Å². The Bertz CT molecular complexity index is 569. The van der Waals surface area contributed by atoms with Gasteiger partial charge in [0.2, 0.25) is 10.0 Å². The minimum atomic E-state index is -3.29. The van der Waals surface area contributed by atoms with E-state index < -0.39 is 16.0 Å². The molecule has 0 aliphatic rings. The van der Waals surface area contributed by atoms with Crippen LogP contribution in [0.25, 0.3) is 6.08 Å². The van der Waals surface area contributed by atoms with Crippen LogP contribution >= 0.6 is 15.9 Å². The van der Waals surface area contributed by atoms with Crippen LogP contribution in [0.1, 0.15) is 11.1 Å². The highest BCUT2D eigenvalue weighted by Gasteiger charge is 2.06. The lowest BCUT2D eigenvalue weighted by atomic mass is 10.1. The van der Waals surface area contributed by atoms with Crippen molar-refractivity contribution in [3.05, 3.63) is 41.5 Å². The summed E-state index contributed by atoms with van der Waals surface area (Å²) in [4.78, 5) is 11.0. The largest absolute Gasteiger partial charge is 0.466 e. The van der Waals surface area contributed by atoms with Crippen molar-refractivity contribution in [3.63, 3.8) is 0 Å². The van der Waals surface area contributed by atoms with Crippen LogP contribution in [0.3, 0.4) is 0 Å². The number of methoxy groups -OCH3 is 1. The van der Waals surface area contributed by atoms with Gasteiger partial charge in [0.05, 0.1) is 7.11 Å². The van der Waals surface area contributed by atoms with Crippen molar-refractivity contribution in [2.45, 2.75) is 6.54 Å². The Hall–Kier alpha value is -1.18. The molecule has 104 valence electrons. The number of ether oxygens (including phenoxy) is 1. The Morgan fingerprint density at radius 3 is 2.84 bits per heavy atom. The van der Waals surface area contributed by atoms with Gasteiger partial charge < -0.3 is 4.74 Å². The number of nitrogens with one attached hydrogen (secondary N) is 1. The molecule has 0 bridgehead atoms. The Labute approximate surface area is 120 Å². The summed E-state index contributed by atoms with van der Waals surface area (Å²) in [5.41, 5.74) is 1.59. The van der Waals surface area contributed by atoms with Gasteiger partial charge in [0.25, 0.3) is 0 Å². The number of esters is 1. The maximum Gasteiger partial charge on any atom is 0.330 e. The molecule has 0 unspecified atom stereocenters. The van der Waals surface area contributed by atoms with Crippen LogP contribution in [0.2, 0.25) is 0 Å². The van der Waals surface area contributed by atoms with Crippen LogP contribution in [-0.4, -0.2) is 26.2 Å². The molecule has 0 aliphatic heterocycles. The molecule has 19 heavy (non-hydrogen) atoms. The molecule has 0 saturated heterocycles. The first-order valence-corrected chi connectivity index (χ1v) is 8.12. The average molecular weight is 348 g/mol. The second-order valence-corrected chi connectivity index (χ2v) is 6.76. The summed E-state index contributed by atoms with van der Waals surface area (Å²) < 4.78 is 29.3. The third kappa shape index (κ3) is 6.00. The lowest BCUT2D eigenvalue weighted by Gasteiger charge is -2.04. The minimum absolute atomic E-state index is 0.137. The summed E-state index contributed by atoms with van der Waals surface area (Å²) >= 11 is 2.89. The fourth-order valence-corrected chi connectivity index (χ4v) is 2.22. The third-order valence-corrected chi connectivity index (χ3v) is 4.88. The first kappa shape index (κ1) is 15.9. The van der Waals surface area contributed by atoms with Gasteiger partial charge in [0.1, 0.15) is 4.66 Å². The molecule has 0 radical (unpaired) electrons. The maximum atomic E-state index is 11.3. The fraction of sp³-hybridized carbons (Fsp3) is 0.250. The monoisotopic (exact) mass is 347 g/mol. The highest BCUT2D eigenvalue weighted by atomic mass is 79.9. The highest BCUT2D eigenvalue weighted by Crippen LogP contribution is 2.08. The number of carbonyl (C=O) groups excluding carboxylic acids is 1. The maximum absolute atomic E-state index is 11.3. The first-order chi connectivity index (χ1) is 8.96. The number of alkyl halides is 1. The van der Waals surface area contributed by atoms with Crippen LogP contribution in [0.15, 0.2) is 30.3 Å². The van der Waals surface area contributed by atoms with E-state index in [4.69, 9.17) is 0 Å². The Balaban J connectivity index is 2.72. The van der Waals surface area contributed by atoms with Gasteiger partial charge in [-0.15, -0.1) is 0 Å². The van der Waals surface area contributed by atoms with Gasteiger partial charge in [-0.05, 0) is 17.2 Å². The number of halogens is 1. The van der Waals surface area contributed by atoms with E-state index in [0.29, 0.717) is 0 Å². The normalized spacial score (nSPS) is 11.7. The van der Waals surface area contributed by atoms with E-state index in [1.54, 1.807) is 24.3 Å². The summed E-state index contributed by atoms with van der Waals surface area (Å²) in [7, 11) is -1.98. The smallest absolute Gasteiger partial charge is 0.330 e. The minimum Gasteiger partial charge on any atom is -0.466 e. The number of sulfonamides is 1. The van der Waals surface area contributed by atoms with Crippen LogP contribution in [0.4, 0.5) is 0 Å². The summed E-state index contributed by atoms with van der Waals surface area (Å²) in [6.45, 7) is 0.202. The molecule has 1 aromatic carbocycles. The van der Waals surface area contributed by atoms with E-state index in [0.717, 1.165) is 11.1 Å². The molecule has 0 amide bonds. The van der Waals surface area contributed by atoms with Crippen molar-refractivity contribution in [2.75, 3.05) is 11.8 Å². The van der Waals surface area contributed by atoms with Gasteiger partial charge >= 0.3 is 5.97 Å². The fourth-order valence-electron chi connectivity index (χ4n) is 1.27. The summed E-state index contributed by atoms with van der Waals surface area (Å²) in [5, 5.41) is 0. The van der Waals surface area contributed by atoms with E-state index in [9.17, 15) is 13.2 Å². The molecule has 1 rings (SSSR count). The van der Waals surface area contributed by atoms with E-state index in [1.165, 1.54) is 13.2 Å². The molecule has 0 fully saturated rings. The topological polar surface area (TPSA) is 72.5 Å². The number of benzene rings is 1. The predicted molar refractivity (Wildman–Crippen MR) is 77.0 cm³/mol. The van der Waals surface area contributed by atoms with Crippen LogP contribution in [0.5, 0.6) is 0 Å². The molecular formula is C12H14BrNO4S. The lowest BCUT2D eigenvalue weighted by Crippen LogP contribution is -2.23. The molecule has 1 aromatic rings. The van der Waals surface area contributed by atoms with Crippen molar-refractivity contribution in [3.8, 4) is 0 Å². The highest BCUT2D eigenvalue weighted by molar-refractivity contribution is 9.10. The summed E-state index contributed by atoms with van der Waals surface area (Å²) in [6, 6.07) is 7.18. The third-order valence-electron chi connectivity index (χ3n) is 2.20. The molecular weight excluding hydrogens is 334 g/mol. The lowest BCUT2D eigenvalue weighted by molar-refractivity contribution is -0.134. The Morgan fingerprint density at radius 2 is 2.21 bits per heavy atom. The molecule has 0 aromatic heterocycles. The summed E-state index contributed by atoms with van der Waals surface area (Å²) in [6.07, 6.45) is 2.91. The zero-order valence-corrected chi connectivity index (χ0v) is 12.7. The van der Waals surface area contributed by atoms with Gasteiger partial charge in [-0.25, -0.2) is 17.9 Å². The van der Waals surface area contributed by atoms with Crippen molar-refractivity contribution in [2.24, 2.45) is 0 Å². The molecule has 0 heterocycles. The van der Waals surface area contributed by atoms with Gasteiger partial charge in [-0.2, -0.15) is 0 Å². The second-order valence-electron chi connectivity index (χ2n) is 3.65. The molecule has 7 heteroatoms. The van der Waals surface area contributed by atoms with Crippen molar-refractivity contribution < 1.29 is 17.9 Å².